The van der Waals surface area contributed by atoms with Crippen LogP contribution in [0.2, 0.25) is 0 Å². The van der Waals surface area contributed by atoms with E-state index in [0.717, 1.165) is 42.8 Å². The van der Waals surface area contributed by atoms with Crippen molar-refractivity contribution in [1.29, 1.82) is 0 Å². The number of amides is 2. The van der Waals surface area contributed by atoms with Crippen LogP contribution in [0.3, 0.4) is 0 Å². The minimum atomic E-state index is -0.391. The Morgan fingerprint density at radius 1 is 1.03 bits per heavy atom. The van der Waals surface area contributed by atoms with Crippen LogP contribution in [0.4, 0.5) is 5.69 Å². The minimum absolute atomic E-state index is 0.0388. The maximum absolute atomic E-state index is 13.9. The summed E-state index contributed by atoms with van der Waals surface area (Å²) in [6.45, 7) is 4.03. The number of carbonyl (C=O) groups is 2. The number of para-hydroxylation sites is 2. The third kappa shape index (κ3) is 3.44. The highest BCUT2D eigenvalue weighted by atomic mass is 16.3. The van der Waals surface area contributed by atoms with Crippen molar-refractivity contribution in [3.8, 4) is 5.69 Å². The van der Waals surface area contributed by atoms with E-state index < -0.39 is 6.04 Å². The minimum Gasteiger partial charge on any atom is -0.467 e. The standard InChI is InChI=1S/C26H29N3O3/c1-18(2)28(26(31)19-9-3-4-10-19)17-24(30)29-21-12-6-5-11-20(21)27-15-7-13-22(27)25(29)23-14-8-16-32-23/h5-8,11-16,18-19,25H,3-4,9-10,17H2,1-2H3. The number of carbonyl (C=O) groups excluding carboxylic acids is 2. The van der Waals surface area contributed by atoms with Crippen molar-refractivity contribution in [1.82, 2.24) is 9.47 Å². The summed E-state index contributed by atoms with van der Waals surface area (Å²) in [4.78, 5) is 30.7. The highest BCUT2D eigenvalue weighted by Gasteiger charge is 2.39. The summed E-state index contributed by atoms with van der Waals surface area (Å²) < 4.78 is 7.90. The molecular weight excluding hydrogens is 402 g/mol. The van der Waals surface area contributed by atoms with Gasteiger partial charge in [-0.25, -0.2) is 0 Å². The van der Waals surface area contributed by atoms with Crippen LogP contribution in [-0.2, 0) is 9.59 Å². The van der Waals surface area contributed by atoms with Gasteiger partial charge in [-0.1, -0.05) is 25.0 Å². The highest BCUT2D eigenvalue weighted by molar-refractivity contribution is 6.00. The molecule has 2 amide bonds. The lowest BCUT2D eigenvalue weighted by Crippen LogP contribution is -2.49. The predicted octanol–water partition coefficient (Wildman–Crippen LogP) is 4.93. The Morgan fingerprint density at radius 2 is 1.78 bits per heavy atom. The van der Waals surface area contributed by atoms with E-state index >= 15 is 0 Å². The maximum atomic E-state index is 13.9. The Kier molecular flexibility index (Phi) is 5.37. The number of hydrogen-bond acceptors (Lipinski definition) is 3. The maximum Gasteiger partial charge on any atom is 0.247 e. The first-order chi connectivity index (χ1) is 15.6. The quantitative estimate of drug-likeness (QED) is 0.575. The van der Waals surface area contributed by atoms with Gasteiger partial charge in [-0.3, -0.25) is 14.5 Å². The molecule has 166 valence electrons. The molecule has 0 spiro atoms. The third-order valence-corrected chi connectivity index (χ3v) is 6.72. The summed E-state index contributed by atoms with van der Waals surface area (Å²) in [5.41, 5.74) is 2.73. The number of anilines is 1. The Labute approximate surface area is 188 Å². The summed E-state index contributed by atoms with van der Waals surface area (Å²) >= 11 is 0. The fourth-order valence-corrected chi connectivity index (χ4v) is 5.12. The normalized spacial score (nSPS) is 18.0. The van der Waals surface area contributed by atoms with Crippen LogP contribution in [0, 0.1) is 5.92 Å². The zero-order chi connectivity index (χ0) is 22.2. The first kappa shape index (κ1) is 20.6. The molecule has 1 saturated carbocycles. The van der Waals surface area contributed by atoms with Gasteiger partial charge in [0.05, 0.1) is 23.3 Å². The Bertz CT molecular complexity index is 1110. The molecule has 6 nitrogen and oxygen atoms in total. The van der Waals surface area contributed by atoms with Crippen LogP contribution in [-0.4, -0.2) is 33.9 Å². The zero-order valence-corrected chi connectivity index (χ0v) is 18.6. The topological polar surface area (TPSA) is 58.7 Å². The Morgan fingerprint density at radius 3 is 2.47 bits per heavy atom. The van der Waals surface area contributed by atoms with E-state index in [9.17, 15) is 9.59 Å². The fourth-order valence-electron chi connectivity index (χ4n) is 5.12. The number of nitrogens with zero attached hydrogens (tertiary/aromatic N) is 3. The fraction of sp³-hybridized carbons (Fsp3) is 0.385. The van der Waals surface area contributed by atoms with Gasteiger partial charge >= 0.3 is 0 Å². The lowest BCUT2D eigenvalue weighted by molar-refractivity contribution is -0.140. The van der Waals surface area contributed by atoms with Crippen molar-refractivity contribution >= 4 is 17.5 Å². The van der Waals surface area contributed by atoms with Crippen molar-refractivity contribution in [3.63, 3.8) is 0 Å². The van der Waals surface area contributed by atoms with Crippen molar-refractivity contribution in [2.24, 2.45) is 5.92 Å². The summed E-state index contributed by atoms with van der Waals surface area (Å²) in [5, 5.41) is 0. The molecule has 3 aromatic rings. The van der Waals surface area contributed by atoms with E-state index in [0.29, 0.717) is 5.76 Å². The lowest BCUT2D eigenvalue weighted by atomic mass is 10.0. The zero-order valence-electron chi connectivity index (χ0n) is 18.6. The second kappa shape index (κ2) is 8.34. The van der Waals surface area contributed by atoms with Crippen LogP contribution in [0.15, 0.2) is 65.4 Å². The van der Waals surface area contributed by atoms with Crippen molar-refractivity contribution in [3.05, 3.63) is 72.4 Å². The molecule has 1 aromatic carbocycles. The molecule has 0 N–H and O–H groups in total. The summed E-state index contributed by atoms with van der Waals surface area (Å²) in [6, 6.07) is 15.2. The molecule has 1 unspecified atom stereocenters. The third-order valence-electron chi connectivity index (χ3n) is 6.72. The molecule has 1 aliphatic heterocycles. The monoisotopic (exact) mass is 431 g/mol. The molecule has 1 aliphatic carbocycles. The summed E-state index contributed by atoms with van der Waals surface area (Å²) in [7, 11) is 0. The van der Waals surface area contributed by atoms with E-state index in [1.54, 1.807) is 16.1 Å². The molecule has 0 radical (unpaired) electrons. The first-order valence-electron chi connectivity index (χ1n) is 11.5. The molecule has 5 rings (SSSR count). The number of rotatable bonds is 5. The molecule has 1 atom stereocenters. The van der Waals surface area contributed by atoms with E-state index in [1.807, 2.05) is 68.6 Å². The summed E-state index contributed by atoms with van der Waals surface area (Å²) in [5.74, 6) is 0.739. The van der Waals surface area contributed by atoms with Gasteiger partial charge < -0.3 is 13.9 Å². The lowest BCUT2D eigenvalue weighted by Gasteiger charge is -2.39. The Hall–Kier alpha value is -3.28. The SMILES string of the molecule is CC(C)N(CC(=O)N1c2ccccc2-n2cccc2C1c1ccco1)C(=O)C1CCCC1. The van der Waals surface area contributed by atoms with Gasteiger partial charge in [0.1, 0.15) is 18.3 Å². The van der Waals surface area contributed by atoms with Crippen LogP contribution >= 0.6 is 0 Å². The van der Waals surface area contributed by atoms with Gasteiger partial charge in [0, 0.05) is 18.2 Å². The van der Waals surface area contributed by atoms with E-state index in [4.69, 9.17) is 4.42 Å². The predicted molar refractivity (Wildman–Crippen MR) is 123 cm³/mol. The van der Waals surface area contributed by atoms with Crippen molar-refractivity contribution in [2.75, 3.05) is 11.4 Å². The highest BCUT2D eigenvalue weighted by Crippen LogP contribution is 2.42. The van der Waals surface area contributed by atoms with E-state index in [-0.39, 0.29) is 30.3 Å². The number of benzene rings is 1. The molecule has 0 bridgehead atoms. The van der Waals surface area contributed by atoms with Gasteiger partial charge in [-0.2, -0.15) is 0 Å². The van der Waals surface area contributed by atoms with Gasteiger partial charge in [0.15, 0.2) is 0 Å². The van der Waals surface area contributed by atoms with E-state index in [2.05, 4.69) is 4.57 Å². The average Bonchev–Trinajstić information content (AvgIpc) is 3.57. The van der Waals surface area contributed by atoms with Crippen LogP contribution < -0.4 is 4.90 Å². The van der Waals surface area contributed by atoms with Gasteiger partial charge in [0.2, 0.25) is 11.8 Å². The van der Waals surface area contributed by atoms with Crippen LogP contribution in [0.25, 0.3) is 5.69 Å². The number of hydrogen-bond donors (Lipinski definition) is 0. The Balaban J connectivity index is 1.54. The smallest absolute Gasteiger partial charge is 0.247 e. The largest absolute Gasteiger partial charge is 0.467 e. The first-order valence-corrected chi connectivity index (χ1v) is 11.5. The molecule has 6 heteroatoms. The number of furan rings is 1. The van der Waals surface area contributed by atoms with Gasteiger partial charge in [-0.15, -0.1) is 0 Å². The molecule has 32 heavy (non-hydrogen) atoms. The van der Waals surface area contributed by atoms with Gasteiger partial charge in [-0.05, 0) is 63.1 Å². The average molecular weight is 432 g/mol. The molecule has 2 aliphatic rings. The molecule has 2 aromatic heterocycles. The number of aromatic nitrogens is 1. The molecule has 0 saturated heterocycles. The van der Waals surface area contributed by atoms with Gasteiger partial charge in [0.25, 0.3) is 0 Å². The molecular formula is C26H29N3O3. The van der Waals surface area contributed by atoms with Crippen molar-refractivity contribution < 1.29 is 14.0 Å². The molecule has 3 heterocycles. The van der Waals surface area contributed by atoms with Crippen LogP contribution in [0.1, 0.15) is 57.0 Å². The molecule has 1 fully saturated rings. The number of fused-ring (bicyclic) bond motifs is 3. The van der Waals surface area contributed by atoms with Crippen molar-refractivity contribution in [2.45, 2.75) is 51.6 Å². The van der Waals surface area contributed by atoms with Crippen LogP contribution in [0.5, 0.6) is 0 Å². The van der Waals surface area contributed by atoms with E-state index in [1.165, 1.54) is 0 Å². The second-order valence-electron chi connectivity index (χ2n) is 9.01. The second-order valence-corrected chi connectivity index (χ2v) is 9.01. The summed E-state index contributed by atoms with van der Waals surface area (Å²) in [6.07, 6.45) is 7.67.